The van der Waals surface area contributed by atoms with E-state index < -0.39 is 0 Å². The third-order valence-electron chi connectivity index (χ3n) is 4.36. The average Bonchev–Trinajstić information content (AvgIpc) is 3.06. The zero-order valence-corrected chi connectivity index (χ0v) is 18.3. The van der Waals surface area contributed by atoms with Gasteiger partial charge in [0, 0.05) is 16.1 Å². The number of rotatable bonds is 7. The molecule has 0 saturated carbocycles. The molecule has 0 fully saturated rings. The van der Waals surface area contributed by atoms with Crippen LogP contribution in [0.15, 0.2) is 42.5 Å². The van der Waals surface area contributed by atoms with Gasteiger partial charge in [0.1, 0.15) is 5.82 Å². The minimum atomic E-state index is -0.270. The molecule has 2 aromatic carbocycles. The van der Waals surface area contributed by atoms with Gasteiger partial charge in [0.25, 0.3) is 0 Å². The monoisotopic (exact) mass is 445 g/mol. The normalized spacial score (nSPS) is 11.0. The van der Waals surface area contributed by atoms with Gasteiger partial charge in [-0.15, -0.1) is 10.2 Å². The molecule has 0 unspecified atom stereocenters. The molecule has 0 aliphatic heterocycles. The van der Waals surface area contributed by atoms with Crippen molar-refractivity contribution in [2.75, 3.05) is 20.6 Å². The van der Waals surface area contributed by atoms with E-state index in [-0.39, 0.29) is 24.8 Å². The van der Waals surface area contributed by atoms with Gasteiger partial charge in [0.05, 0.1) is 23.8 Å². The first-order chi connectivity index (χ1) is 14.3. The summed E-state index contributed by atoms with van der Waals surface area (Å²) in [5.74, 6) is 0.655. The molecule has 0 spiro atoms. The minimum Gasteiger partial charge on any atom is -0.348 e. The molecule has 3 aromatic rings. The third-order valence-corrected chi connectivity index (χ3v) is 4.92. The molecule has 156 valence electrons. The molecule has 3 rings (SSSR count). The summed E-state index contributed by atoms with van der Waals surface area (Å²) in [6.45, 7) is 2.19. The zero-order valence-electron chi connectivity index (χ0n) is 16.8. The number of hydrogen-bond donors (Lipinski definition) is 1. The second-order valence-electron chi connectivity index (χ2n) is 6.98. The van der Waals surface area contributed by atoms with Crippen molar-refractivity contribution in [1.82, 2.24) is 25.0 Å². The molecule has 1 amide bonds. The van der Waals surface area contributed by atoms with Gasteiger partial charge in [-0.2, -0.15) is 0 Å². The molecule has 9 heteroatoms. The van der Waals surface area contributed by atoms with Crippen molar-refractivity contribution in [3.8, 4) is 5.69 Å². The van der Waals surface area contributed by atoms with Crippen LogP contribution in [0.4, 0.5) is 0 Å². The molecule has 1 N–H and O–H groups in total. The van der Waals surface area contributed by atoms with Crippen molar-refractivity contribution < 1.29 is 9.59 Å². The predicted octanol–water partition coefficient (Wildman–Crippen LogP) is 3.29. The molecule has 1 heterocycles. The number of aromatic nitrogens is 3. The Balaban J connectivity index is 2.01. The molecular weight excluding hydrogens is 425 g/mol. The van der Waals surface area contributed by atoms with E-state index in [0.717, 1.165) is 0 Å². The number of halogens is 2. The van der Waals surface area contributed by atoms with Crippen molar-refractivity contribution in [3.63, 3.8) is 0 Å². The number of carbonyl (C=O) groups excluding carboxylic acids is 2. The van der Waals surface area contributed by atoms with Crippen LogP contribution in [0.2, 0.25) is 10.0 Å². The Morgan fingerprint density at radius 1 is 1.07 bits per heavy atom. The molecule has 0 saturated heterocycles. The van der Waals surface area contributed by atoms with E-state index in [4.69, 9.17) is 23.2 Å². The molecule has 0 radical (unpaired) electrons. The lowest BCUT2D eigenvalue weighted by Gasteiger charge is -2.15. The lowest BCUT2D eigenvalue weighted by atomic mass is 10.0. The van der Waals surface area contributed by atoms with Gasteiger partial charge in [-0.1, -0.05) is 35.3 Å². The Bertz CT molecular complexity index is 1090. The Hall–Kier alpha value is -2.74. The molecule has 0 aliphatic rings. The SMILES string of the molecule is Cc1nnc(CNC(=O)CN(C)C)n1-c1ccc(Cl)cc1C(=O)c1ccccc1Cl. The van der Waals surface area contributed by atoms with Crippen LogP contribution in [0.5, 0.6) is 0 Å². The Morgan fingerprint density at radius 3 is 2.50 bits per heavy atom. The number of nitrogens with one attached hydrogen (secondary N) is 1. The first kappa shape index (κ1) is 22.0. The number of carbonyl (C=O) groups is 2. The molecule has 30 heavy (non-hydrogen) atoms. The summed E-state index contributed by atoms with van der Waals surface area (Å²) in [4.78, 5) is 27.1. The fraction of sp³-hybridized carbons (Fsp3) is 0.238. The van der Waals surface area contributed by atoms with Crippen LogP contribution in [0.3, 0.4) is 0 Å². The van der Waals surface area contributed by atoms with Gasteiger partial charge < -0.3 is 10.2 Å². The zero-order chi connectivity index (χ0) is 21.8. The smallest absolute Gasteiger partial charge is 0.234 e. The fourth-order valence-corrected chi connectivity index (χ4v) is 3.42. The number of hydrogen-bond acceptors (Lipinski definition) is 5. The highest BCUT2D eigenvalue weighted by Gasteiger charge is 2.21. The number of likely N-dealkylation sites (N-methyl/N-ethyl adjacent to an activating group) is 1. The molecule has 1 aromatic heterocycles. The molecule has 0 aliphatic carbocycles. The van der Waals surface area contributed by atoms with E-state index in [1.54, 1.807) is 58.9 Å². The van der Waals surface area contributed by atoms with E-state index in [9.17, 15) is 9.59 Å². The van der Waals surface area contributed by atoms with Gasteiger partial charge in [-0.05, 0) is 51.4 Å². The van der Waals surface area contributed by atoms with Crippen molar-refractivity contribution in [2.24, 2.45) is 0 Å². The van der Waals surface area contributed by atoms with Gasteiger partial charge in [0.2, 0.25) is 5.91 Å². The highest BCUT2D eigenvalue weighted by Crippen LogP contribution is 2.27. The molecule has 0 bridgehead atoms. The Morgan fingerprint density at radius 2 is 1.80 bits per heavy atom. The van der Waals surface area contributed by atoms with Crippen LogP contribution >= 0.6 is 23.2 Å². The number of aryl methyl sites for hydroxylation is 1. The van der Waals surface area contributed by atoms with E-state index in [2.05, 4.69) is 15.5 Å². The van der Waals surface area contributed by atoms with Gasteiger partial charge in [-0.25, -0.2) is 0 Å². The van der Waals surface area contributed by atoms with E-state index in [1.807, 2.05) is 14.1 Å². The fourth-order valence-electron chi connectivity index (χ4n) is 3.03. The summed E-state index contributed by atoms with van der Waals surface area (Å²) in [6.07, 6.45) is 0. The van der Waals surface area contributed by atoms with Crippen molar-refractivity contribution in [3.05, 3.63) is 75.3 Å². The standard InChI is InChI=1S/C21H21Cl2N5O2/c1-13-25-26-19(11-24-20(29)12-27(2)3)28(13)18-9-8-14(22)10-16(18)21(30)15-6-4-5-7-17(15)23/h4-10H,11-12H2,1-3H3,(H,24,29). The largest absolute Gasteiger partial charge is 0.348 e. The number of benzene rings is 2. The quantitative estimate of drug-likeness (QED) is 0.564. The maximum absolute atomic E-state index is 13.3. The van der Waals surface area contributed by atoms with E-state index in [0.29, 0.717) is 38.5 Å². The highest BCUT2D eigenvalue weighted by atomic mass is 35.5. The topological polar surface area (TPSA) is 80.1 Å². The summed E-state index contributed by atoms with van der Waals surface area (Å²) < 4.78 is 1.73. The number of amides is 1. The number of ketones is 1. The lowest BCUT2D eigenvalue weighted by Crippen LogP contribution is -2.33. The Kier molecular flexibility index (Phi) is 6.87. The predicted molar refractivity (Wildman–Crippen MR) is 116 cm³/mol. The second kappa shape index (κ2) is 9.38. The summed E-state index contributed by atoms with van der Waals surface area (Å²) in [6, 6.07) is 11.8. The third kappa shape index (κ3) is 4.87. The summed E-state index contributed by atoms with van der Waals surface area (Å²) in [5.41, 5.74) is 1.29. The maximum Gasteiger partial charge on any atom is 0.234 e. The van der Waals surface area contributed by atoms with Crippen LogP contribution in [-0.2, 0) is 11.3 Å². The molecule has 0 atom stereocenters. The lowest BCUT2D eigenvalue weighted by molar-refractivity contribution is -0.121. The van der Waals surface area contributed by atoms with Crippen LogP contribution in [-0.4, -0.2) is 52.0 Å². The van der Waals surface area contributed by atoms with Crippen LogP contribution in [0, 0.1) is 6.92 Å². The summed E-state index contributed by atoms with van der Waals surface area (Å²) in [7, 11) is 3.62. The van der Waals surface area contributed by atoms with E-state index in [1.165, 1.54) is 0 Å². The summed E-state index contributed by atoms with van der Waals surface area (Å²) >= 11 is 12.4. The van der Waals surface area contributed by atoms with Crippen molar-refractivity contribution >= 4 is 34.9 Å². The molecular formula is C21H21Cl2N5O2. The van der Waals surface area contributed by atoms with Crippen molar-refractivity contribution in [2.45, 2.75) is 13.5 Å². The minimum absolute atomic E-state index is 0.143. The van der Waals surface area contributed by atoms with Crippen LogP contribution < -0.4 is 5.32 Å². The summed E-state index contributed by atoms with van der Waals surface area (Å²) in [5, 5.41) is 11.9. The Labute approximate surface area is 184 Å². The first-order valence-corrected chi connectivity index (χ1v) is 9.95. The second-order valence-corrected chi connectivity index (χ2v) is 7.83. The van der Waals surface area contributed by atoms with Crippen LogP contribution in [0.25, 0.3) is 5.69 Å². The number of nitrogens with zero attached hydrogens (tertiary/aromatic N) is 4. The average molecular weight is 446 g/mol. The molecule has 7 nitrogen and oxygen atoms in total. The highest BCUT2D eigenvalue weighted by molar-refractivity contribution is 6.35. The first-order valence-electron chi connectivity index (χ1n) is 9.19. The van der Waals surface area contributed by atoms with Gasteiger partial charge >= 0.3 is 0 Å². The van der Waals surface area contributed by atoms with Crippen LogP contribution in [0.1, 0.15) is 27.6 Å². The van der Waals surface area contributed by atoms with Gasteiger partial charge in [-0.3, -0.25) is 14.2 Å². The van der Waals surface area contributed by atoms with Crippen molar-refractivity contribution in [1.29, 1.82) is 0 Å². The maximum atomic E-state index is 13.3. The van der Waals surface area contributed by atoms with E-state index >= 15 is 0 Å². The van der Waals surface area contributed by atoms with Gasteiger partial charge in [0.15, 0.2) is 11.6 Å².